The van der Waals surface area contributed by atoms with Crippen LogP contribution in [-0.2, 0) is 17.8 Å². The first kappa shape index (κ1) is 18.3. The van der Waals surface area contributed by atoms with Gasteiger partial charge in [-0.25, -0.2) is 9.37 Å². The summed E-state index contributed by atoms with van der Waals surface area (Å²) in [5, 5.41) is 11.7. The first-order valence-electron chi connectivity index (χ1n) is 8.25. The number of rotatable bonds is 5. The van der Waals surface area contributed by atoms with E-state index in [0.717, 1.165) is 5.56 Å². The fourth-order valence-electron chi connectivity index (χ4n) is 2.80. The van der Waals surface area contributed by atoms with Crippen molar-refractivity contribution in [3.8, 4) is 11.1 Å². The normalized spacial score (nSPS) is 11.8. The van der Waals surface area contributed by atoms with Crippen molar-refractivity contribution in [2.24, 2.45) is 5.41 Å². The third-order valence-electron chi connectivity index (χ3n) is 4.38. The smallest absolute Gasteiger partial charge is 0.310 e. The first-order chi connectivity index (χ1) is 12.2. The van der Waals surface area contributed by atoms with Crippen LogP contribution in [0.2, 0.25) is 0 Å². The van der Waals surface area contributed by atoms with Crippen LogP contribution in [0, 0.1) is 11.2 Å². The van der Waals surface area contributed by atoms with Crippen LogP contribution in [0.1, 0.15) is 26.6 Å². The average molecular weight is 374 g/mol. The van der Waals surface area contributed by atoms with Crippen LogP contribution in [0.5, 0.6) is 0 Å². The molecular weight excluding hydrogens is 355 g/mol. The maximum absolute atomic E-state index is 13.2. The molecule has 2 heterocycles. The molecule has 1 aromatic carbocycles. The summed E-state index contributed by atoms with van der Waals surface area (Å²) in [6.07, 6.45) is 0.519. The van der Waals surface area contributed by atoms with Crippen LogP contribution in [0.3, 0.4) is 0 Å². The van der Waals surface area contributed by atoms with Crippen molar-refractivity contribution in [3.05, 3.63) is 51.6 Å². The number of carbonyl (C=O) groups is 1. The van der Waals surface area contributed by atoms with Crippen LogP contribution < -0.4 is 5.56 Å². The molecule has 0 spiro atoms. The summed E-state index contributed by atoms with van der Waals surface area (Å²) in [4.78, 5) is 29.9. The summed E-state index contributed by atoms with van der Waals surface area (Å²) < 4.78 is 14.7. The van der Waals surface area contributed by atoms with Crippen LogP contribution in [0.15, 0.2) is 34.4 Å². The molecule has 0 radical (unpaired) electrons. The largest absolute Gasteiger partial charge is 0.481 e. The number of hydrogen-bond donors (Lipinski definition) is 1. The highest BCUT2D eigenvalue weighted by Crippen LogP contribution is 2.31. The number of hydrogen-bond acceptors (Lipinski definition) is 4. The van der Waals surface area contributed by atoms with Gasteiger partial charge in [0.15, 0.2) is 0 Å². The second kappa shape index (κ2) is 6.64. The number of aliphatic carboxylic acids is 1. The van der Waals surface area contributed by atoms with E-state index >= 15 is 0 Å². The zero-order chi connectivity index (χ0) is 19.1. The monoisotopic (exact) mass is 374 g/mol. The summed E-state index contributed by atoms with van der Waals surface area (Å²) in [6, 6.07) is 5.93. The molecule has 3 rings (SSSR count). The molecule has 0 fully saturated rings. The Morgan fingerprint density at radius 3 is 2.54 bits per heavy atom. The molecule has 0 amide bonds. The number of carboxylic acids is 1. The van der Waals surface area contributed by atoms with Gasteiger partial charge in [-0.05, 0) is 31.5 Å². The number of fused-ring (bicyclic) bond motifs is 1. The molecule has 1 N–H and O–H groups in total. The van der Waals surface area contributed by atoms with Gasteiger partial charge in [0.1, 0.15) is 16.5 Å². The molecule has 26 heavy (non-hydrogen) atoms. The minimum absolute atomic E-state index is 0.0337. The summed E-state index contributed by atoms with van der Waals surface area (Å²) in [5.41, 5.74) is 0.0495. The van der Waals surface area contributed by atoms with E-state index in [0.29, 0.717) is 28.0 Å². The van der Waals surface area contributed by atoms with E-state index in [2.05, 4.69) is 4.98 Å². The van der Waals surface area contributed by atoms with Gasteiger partial charge in [0, 0.05) is 23.9 Å². The number of aromatic nitrogens is 2. The molecule has 0 saturated heterocycles. The maximum atomic E-state index is 13.2. The molecule has 0 unspecified atom stereocenters. The molecule has 7 heteroatoms. The van der Waals surface area contributed by atoms with E-state index in [-0.39, 0.29) is 17.9 Å². The van der Waals surface area contributed by atoms with E-state index in [1.54, 1.807) is 26.0 Å². The maximum Gasteiger partial charge on any atom is 0.310 e. The summed E-state index contributed by atoms with van der Waals surface area (Å²) in [7, 11) is 0. The average Bonchev–Trinajstić information content (AvgIpc) is 3.01. The Morgan fingerprint density at radius 1 is 1.31 bits per heavy atom. The fourth-order valence-corrected chi connectivity index (χ4v) is 3.76. The third-order valence-corrected chi connectivity index (χ3v) is 5.25. The Balaban J connectivity index is 2.24. The van der Waals surface area contributed by atoms with Crippen molar-refractivity contribution >= 4 is 27.5 Å². The Bertz CT molecular complexity index is 1040. The lowest BCUT2D eigenvalue weighted by Gasteiger charge is -2.22. The van der Waals surface area contributed by atoms with Crippen molar-refractivity contribution in [1.82, 2.24) is 9.55 Å². The summed E-state index contributed by atoms with van der Waals surface area (Å²) in [6.45, 7) is 5.08. The van der Waals surface area contributed by atoms with Crippen molar-refractivity contribution in [3.63, 3.8) is 0 Å². The van der Waals surface area contributed by atoms with Gasteiger partial charge in [0.2, 0.25) is 0 Å². The molecule has 0 saturated carbocycles. The zero-order valence-corrected chi connectivity index (χ0v) is 15.6. The number of thiophene rings is 1. The van der Waals surface area contributed by atoms with Crippen molar-refractivity contribution in [2.75, 3.05) is 0 Å². The molecular formula is C19H19FN2O3S. The van der Waals surface area contributed by atoms with Gasteiger partial charge in [0.25, 0.3) is 5.56 Å². The minimum Gasteiger partial charge on any atom is -0.481 e. The van der Waals surface area contributed by atoms with Crippen LogP contribution in [0.4, 0.5) is 4.39 Å². The quantitative estimate of drug-likeness (QED) is 0.734. The highest BCUT2D eigenvalue weighted by molar-refractivity contribution is 7.17. The van der Waals surface area contributed by atoms with Crippen LogP contribution in [0.25, 0.3) is 21.3 Å². The highest BCUT2D eigenvalue weighted by atomic mass is 32.1. The Kier molecular flexibility index (Phi) is 4.66. The first-order valence-corrected chi connectivity index (χ1v) is 9.13. The van der Waals surface area contributed by atoms with Crippen LogP contribution >= 0.6 is 11.3 Å². The number of aryl methyl sites for hydroxylation is 1. The predicted octanol–water partition coefficient (Wildman–Crippen LogP) is 3.94. The third kappa shape index (κ3) is 3.14. The molecule has 5 nitrogen and oxygen atoms in total. The number of benzene rings is 1. The van der Waals surface area contributed by atoms with E-state index < -0.39 is 11.4 Å². The van der Waals surface area contributed by atoms with E-state index in [1.807, 2.05) is 12.3 Å². The van der Waals surface area contributed by atoms with E-state index in [4.69, 9.17) is 0 Å². The molecule has 0 aliphatic heterocycles. The zero-order valence-electron chi connectivity index (χ0n) is 14.7. The van der Waals surface area contributed by atoms with Crippen molar-refractivity contribution < 1.29 is 14.3 Å². The SMILES string of the molecule is CCc1nc2scc(-c3ccc(F)cc3)c2c(=O)n1CC(C)(C)C(=O)O. The number of nitrogens with zero attached hydrogens (tertiary/aromatic N) is 2. The standard InChI is InChI=1S/C19H19FN2O3S/c1-4-14-21-16-15(17(23)22(14)10-19(2,3)18(24)25)13(9-26-16)11-5-7-12(20)8-6-11/h5-9H,4,10H2,1-3H3,(H,24,25). The van der Waals surface area contributed by atoms with Crippen molar-refractivity contribution in [1.29, 1.82) is 0 Å². The molecule has 0 aliphatic carbocycles. The van der Waals surface area contributed by atoms with Crippen LogP contribution in [-0.4, -0.2) is 20.6 Å². The van der Waals surface area contributed by atoms with Gasteiger partial charge in [-0.1, -0.05) is 19.1 Å². The van der Waals surface area contributed by atoms with Crippen molar-refractivity contribution in [2.45, 2.75) is 33.7 Å². The van der Waals surface area contributed by atoms with Gasteiger partial charge >= 0.3 is 5.97 Å². The molecule has 0 atom stereocenters. The molecule has 0 aliphatic rings. The lowest BCUT2D eigenvalue weighted by atomic mass is 9.93. The Labute approximate surface area is 153 Å². The molecule has 0 bridgehead atoms. The molecule has 3 aromatic rings. The van der Waals surface area contributed by atoms with E-state index in [1.165, 1.54) is 28.0 Å². The van der Waals surface area contributed by atoms with Gasteiger partial charge in [-0.2, -0.15) is 0 Å². The molecule has 136 valence electrons. The summed E-state index contributed by atoms with van der Waals surface area (Å²) in [5.74, 6) is -0.764. The summed E-state index contributed by atoms with van der Waals surface area (Å²) >= 11 is 1.36. The lowest BCUT2D eigenvalue weighted by molar-refractivity contribution is -0.147. The van der Waals surface area contributed by atoms with Gasteiger partial charge < -0.3 is 5.11 Å². The lowest BCUT2D eigenvalue weighted by Crippen LogP contribution is -2.36. The number of halogens is 1. The highest BCUT2D eigenvalue weighted by Gasteiger charge is 2.30. The molecule has 2 aromatic heterocycles. The minimum atomic E-state index is -1.10. The number of carboxylic acid groups (broad SMARTS) is 1. The second-order valence-corrected chi connectivity index (χ2v) is 7.66. The predicted molar refractivity (Wildman–Crippen MR) is 100 cm³/mol. The topological polar surface area (TPSA) is 72.2 Å². The van der Waals surface area contributed by atoms with E-state index in [9.17, 15) is 19.1 Å². The fraction of sp³-hybridized carbons (Fsp3) is 0.316. The second-order valence-electron chi connectivity index (χ2n) is 6.80. The Morgan fingerprint density at radius 2 is 1.96 bits per heavy atom. The van der Waals surface area contributed by atoms with Gasteiger partial charge in [-0.3, -0.25) is 14.2 Å². The Hall–Kier alpha value is -2.54. The van der Waals surface area contributed by atoms with Gasteiger partial charge in [-0.15, -0.1) is 11.3 Å². The van der Waals surface area contributed by atoms with Gasteiger partial charge in [0.05, 0.1) is 10.8 Å².